The highest BCUT2D eigenvalue weighted by molar-refractivity contribution is 7.10. The quantitative estimate of drug-likeness (QED) is 0.342. The number of morpholine rings is 1. The Morgan fingerprint density at radius 3 is 2.90 bits per heavy atom. The lowest BCUT2D eigenvalue weighted by Gasteiger charge is -2.34. The van der Waals surface area contributed by atoms with Crippen molar-refractivity contribution in [1.82, 2.24) is 20.5 Å². The first-order valence-electron chi connectivity index (χ1n) is 10.7. The molecule has 1 fully saturated rings. The maximum atomic E-state index is 5.84. The van der Waals surface area contributed by atoms with Crippen LogP contribution in [-0.2, 0) is 11.3 Å². The summed E-state index contributed by atoms with van der Waals surface area (Å²) in [4.78, 5) is 12.6. The molecule has 8 heteroatoms. The first-order chi connectivity index (χ1) is 14.8. The zero-order valence-electron chi connectivity index (χ0n) is 18.0. The van der Waals surface area contributed by atoms with Gasteiger partial charge >= 0.3 is 0 Å². The maximum absolute atomic E-state index is 5.84. The van der Waals surface area contributed by atoms with Crippen LogP contribution in [0.1, 0.15) is 36.2 Å². The maximum Gasteiger partial charge on any atom is 0.218 e. The van der Waals surface area contributed by atoms with Crippen LogP contribution in [0.3, 0.4) is 0 Å². The monoisotopic (exact) mass is 431 g/mol. The minimum absolute atomic E-state index is 0.304. The molecule has 0 amide bonds. The number of unbranched alkanes of at least 4 members (excludes halogenated alkanes) is 1. The van der Waals surface area contributed by atoms with Crippen molar-refractivity contribution in [3.05, 3.63) is 46.3 Å². The minimum Gasteiger partial charge on any atom is -0.477 e. The number of hydrogen-bond acceptors (Lipinski definition) is 6. The van der Waals surface area contributed by atoms with Crippen LogP contribution >= 0.6 is 11.3 Å². The van der Waals surface area contributed by atoms with Crippen LogP contribution in [0, 0.1) is 0 Å². The summed E-state index contributed by atoms with van der Waals surface area (Å²) < 4.78 is 11.4. The van der Waals surface area contributed by atoms with Crippen LogP contribution in [0.25, 0.3) is 0 Å². The predicted octanol–water partition coefficient (Wildman–Crippen LogP) is 3.06. The predicted molar refractivity (Wildman–Crippen MR) is 122 cm³/mol. The van der Waals surface area contributed by atoms with Gasteiger partial charge in [0.1, 0.15) is 0 Å². The van der Waals surface area contributed by atoms with E-state index in [-0.39, 0.29) is 0 Å². The molecule has 1 aliphatic rings. The lowest BCUT2D eigenvalue weighted by atomic mass is 10.2. The van der Waals surface area contributed by atoms with Gasteiger partial charge in [-0.15, -0.1) is 11.3 Å². The summed E-state index contributed by atoms with van der Waals surface area (Å²) in [5, 5.41) is 9.04. The van der Waals surface area contributed by atoms with Crippen molar-refractivity contribution in [2.24, 2.45) is 4.99 Å². The van der Waals surface area contributed by atoms with E-state index in [1.807, 2.05) is 12.1 Å². The van der Waals surface area contributed by atoms with Crippen molar-refractivity contribution in [3.8, 4) is 5.88 Å². The summed E-state index contributed by atoms with van der Waals surface area (Å²) in [6, 6.07) is 8.60. The molecule has 0 saturated carbocycles. The van der Waals surface area contributed by atoms with E-state index in [1.165, 1.54) is 4.88 Å². The van der Waals surface area contributed by atoms with Crippen LogP contribution in [0.4, 0.5) is 0 Å². The molecule has 2 N–H and O–H groups in total. The largest absolute Gasteiger partial charge is 0.477 e. The van der Waals surface area contributed by atoms with E-state index in [4.69, 9.17) is 9.47 Å². The zero-order chi connectivity index (χ0) is 21.0. The third-order valence-corrected chi connectivity index (χ3v) is 6.05. The van der Waals surface area contributed by atoms with Gasteiger partial charge in [0.2, 0.25) is 5.88 Å². The fourth-order valence-electron chi connectivity index (χ4n) is 3.37. The summed E-state index contributed by atoms with van der Waals surface area (Å²) in [7, 11) is 1.80. The average molecular weight is 432 g/mol. The van der Waals surface area contributed by atoms with Gasteiger partial charge in [0, 0.05) is 49.9 Å². The summed E-state index contributed by atoms with van der Waals surface area (Å²) >= 11 is 1.80. The standard InChI is InChI=1S/C22H33N5O2S/c1-3-4-12-29-21-18(7-5-9-24-21)16-25-22(23-2)26-17-19(20-8-6-15-30-20)27-10-13-28-14-11-27/h5-9,15,19H,3-4,10-14,16-17H2,1-2H3,(H2,23,25,26). The van der Waals surface area contributed by atoms with E-state index in [1.54, 1.807) is 24.6 Å². The number of rotatable bonds is 10. The van der Waals surface area contributed by atoms with Crippen molar-refractivity contribution >= 4 is 17.3 Å². The molecule has 2 aromatic rings. The highest BCUT2D eigenvalue weighted by atomic mass is 32.1. The van der Waals surface area contributed by atoms with Gasteiger partial charge in [-0.3, -0.25) is 9.89 Å². The van der Waals surface area contributed by atoms with E-state index >= 15 is 0 Å². The number of nitrogens with one attached hydrogen (secondary N) is 2. The average Bonchev–Trinajstić information content (AvgIpc) is 3.32. The molecule has 0 spiro atoms. The van der Waals surface area contributed by atoms with Crippen LogP contribution in [0.2, 0.25) is 0 Å². The molecule has 0 bridgehead atoms. The molecule has 2 aromatic heterocycles. The number of hydrogen-bond donors (Lipinski definition) is 2. The molecule has 3 heterocycles. The molecule has 1 atom stereocenters. The topological polar surface area (TPSA) is 71.0 Å². The lowest BCUT2D eigenvalue weighted by molar-refractivity contribution is 0.0177. The Morgan fingerprint density at radius 2 is 2.17 bits per heavy atom. The fourth-order valence-corrected chi connectivity index (χ4v) is 4.24. The Bertz CT molecular complexity index is 763. The van der Waals surface area contributed by atoms with Gasteiger partial charge in [-0.05, 0) is 23.9 Å². The second kappa shape index (κ2) is 12.5. The molecule has 0 radical (unpaired) electrons. The van der Waals surface area contributed by atoms with Gasteiger partial charge in [-0.1, -0.05) is 25.5 Å². The van der Waals surface area contributed by atoms with Gasteiger partial charge < -0.3 is 20.1 Å². The zero-order valence-corrected chi connectivity index (χ0v) is 18.8. The molecule has 7 nitrogen and oxygen atoms in total. The summed E-state index contributed by atoms with van der Waals surface area (Å²) in [5.74, 6) is 1.46. The molecular weight excluding hydrogens is 398 g/mol. The minimum atomic E-state index is 0.304. The molecular formula is C22H33N5O2S. The third kappa shape index (κ3) is 6.68. The van der Waals surface area contributed by atoms with Crippen molar-refractivity contribution < 1.29 is 9.47 Å². The van der Waals surface area contributed by atoms with Gasteiger partial charge in [-0.2, -0.15) is 0 Å². The van der Waals surface area contributed by atoms with E-state index in [2.05, 4.69) is 49.9 Å². The van der Waals surface area contributed by atoms with Gasteiger partial charge in [-0.25, -0.2) is 4.98 Å². The normalized spacial score (nSPS) is 16.3. The Labute approximate surface area is 183 Å². The Hall–Kier alpha value is -2.16. The second-order valence-electron chi connectivity index (χ2n) is 7.16. The lowest BCUT2D eigenvalue weighted by Crippen LogP contribution is -2.46. The Kier molecular flexibility index (Phi) is 9.40. The Morgan fingerprint density at radius 1 is 1.30 bits per heavy atom. The van der Waals surface area contributed by atoms with Crippen molar-refractivity contribution in [2.75, 3.05) is 46.5 Å². The number of nitrogens with zero attached hydrogens (tertiary/aromatic N) is 3. The van der Waals surface area contributed by atoms with Crippen molar-refractivity contribution in [2.45, 2.75) is 32.4 Å². The van der Waals surface area contributed by atoms with Crippen LogP contribution in [-0.4, -0.2) is 62.3 Å². The molecule has 164 valence electrons. The summed E-state index contributed by atoms with van der Waals surface area (Å²) in [6.45, 7) is 7.71. The van der Waals surface area contributed by atoms with Gasteiger partial charge in [0.15, 0.2) is 5.96 Å². The molecule has 0 aliphatic carbocycles. The number of aliphatic imine (C=N–C) groups is 1. The molecule has 1 saturated heterocycles. The van der Waals surface area contributed by atoms with E-state index < -0.39 is 0 Å². The van der Waals surface area contributed by atoms with E-state index in [0.29, 0.717) is 25.1 Å². The van der Waals surface area contributed by atoms with Crippen molar-refractivity contribution in [3.63, 3.8) is 0 Å². The number of ether oxygens (including phenoxy) is 2. The molecule has 1 unspecified atom stereocenters. The van der Waals surface area contributed by atoms with Crippen LogP contribution < -0.4 is 15.4 Å². The third-order valence-electron chi connectivity index (χ3n) is 5.08. The van der Waals surface area contributed by atoms with Gasteiger partial charge in [0.25, 0.3) is 0 Å². The number of thiophene rings is 1. The molecule has 1 aliphatic heterocycles. The number of guanidine groups is 1. The molecule has 30 heavy (non-hydrogen) atoms. The summed E-state index contributed by atoms with van der Waals surface area (Å²) in [6.07, 6.45) is 3.90. The first-order valence-corrected chi connectivity index (χ1v) is 11.6. The number of pyridine rings is 1. The van der Waals surface area contributed by atoms with E-state index in [0.717, 1.165) is 57.2 Å². The van der Waals surface area contributed by atoms with Crippen molar-refractivity contribution in [1.29, 1.82) is 0 Å². The SMILES string of the molecule is CCCCOc1ncccc1CNC(=NC)NCC(c1cccs1)N1CCOCC1. The smallest absolute Gasteiger partial charge is 0.218 e. The highest BCUT2D eigenvalue weighted by Gasteiger charge is 2.23. The molecule has 3 rings (SSSR count). The van der Waals surface area contributed by atoms with Gasteiger partial charge in [0.05, 0.1) is 25.9 Å². The van der Waals surface area contributed by atoms with Crippen LogP contribution in [0.5, 0.6) is 5.88 Å². The summed E-state index contributed by atoms with van der Waals surface area (Å²) in [5.41, 5.74) is 1.03. The first kappa shape index (κ1) is 22.5. The van der Waals surface area contributed by atoms with Crippen LogP contribution in [0.15, 0.2) is 40.8 Å². The number of aromatic nitrogens is 1. The van der Waals surface area contributed by atoms with E-state index in [9.17, 15) is 0 Å². The molecule has 0 aromatic carbocycles. The highest BCUT2D eigenvalue weighted by Crippen LogP contribution is 2.25. The fraction of sp³-hybridized carbons (Fsp3) is 0.545. The Balaban J connectivity index is 1.56. The second-order valence-corrected chi connectivity index (χ2v) is 8.14.